The van der Waals surface area contributed by atoms with E-state index >= 15 is 0 Å². The molecule has 73 heavy (non-hydrogen) atoms. The van der Waals surface area contributed by atoms with Crippen LogP contribution >= 0.6 is 0 Å². The number of carbonyl (C=O) groups excluding carboxylic acids is 3. The van der Waals surface area contributed by atoms with E-state index in [-0.39, 0.29) is 31.1 Å². The highest BCUT2D eigenvalue weighted by Gasteiger charge is 2.19. The van der Waals surface area contributed by atoms with Gasteiger partial charge in [0.05, 0.1) is 0 Å². The van der Waals surface area contributed by atoms with E-state index in [0.29, 0.717) is 19.3 Å². The van der Waals surface area contributed by atoms with E-state index < -0.39 is 6.10 Å². The Hall–Kier alpha value is -2.63. The van der Waals surface area contributed by atoms with Crippen LogP contribution in [-0.2, 0) is 28.6 Å². The zero-order valence-electron chi connectivity index (χ0n) is 48.9. The van der Waals surface area contributed by atoms with Crippen LogP contribution in [-0.4, -0.2) is 37.2 Å². The molecule has 0 radical (unpaired) electrons. The minimum Gasteiger partial charge on any atom is -0.462 e. The molecule has 1 atom stereocenters. The first-order valence-electron chi connectivity index (χ1n) is 32.1. The standard InChI is InChI=1S/C67H122O6/c1-4-7-10-13-16-19-22-25-27-29-31-32-33-34-36-37-39-42-45-48-51-54-57-60-66(69)72-63-64(62-71-65(68)59-56-53-50-47-44-41-24-21-18-15-12-9-6-3)73-67(70)61-58-55-52-49-46-43-40-38-35-30-28-26-23-20-17-14-11-8-5-2/h12,15,21-22,24-25,29,31,64H,4-11,13-14,16-20,23,26-28,30,32-63H2,1-3H3/b15-12-,24-21-,25-22-,31-29-. The van der Waals surface area contributed by atoms with Gasteiger partial charge in [0.25, 0.3) is 0 Å². The van der Waals surface area contributed by atoms with Crippen molar-refractivity contribution in [3.8, 4) is 0 Å². The maximum absolute atomic E-state index is 12.9. The van der Waals surface area contributed by atoms with Crippen LogP contribution < -0.4 is 0 Å². The first-order valence-corrected chi connectivity index (χ1v) is 32.1. The van der Waals surface area contributed by atoms with E-state index in [4.69, 9.17) is 14.2 Å². The Balaban J connectivity index is 4.29. The van der Waals surface area contributed by atoms with Crippen molar-refractivity contribution in [1.82, 2.24) is 0 Å². The molecule has 0 amide bonds. The molecule has 1 unspecified atom stereocenters. The van der Waals surface area contributed by atoms with E-state index in [2.05, 4.69) is 69.4 Å². The number of carbonyl (C=O) groups is 3. The summed E-state index contributed by atoms with van der Waals surface area (Å²) in [6.07, 6.45) is 76.9. The average molecular weight is 1020 g/mol. The highest BCUT2D eigenvalue weighted by molar-refractivity contribution is 5.71. The molecule has 0 aromatic carbocycles. The van der Waals surface area contributed by atoms with Crippen LogP contribution in [0.15, 0.2) is 48.6 Å². The van der Waals surface area contributed by atoms with Crippen LogP contribution in [0.1, 0.15) is 342 Å². The number of hydrogen-bond donors (Lipinski definition) is 0. The lowest BCUT2D eigenvalue weighted by Crippen LogP contribution is -2.30. The molecule has 0 aliphatic rings. The van der Waals surface area contributed by atoms with E-state index in [1.54, 1.807) is 0 Å². The van der Waals surface area contributed by atoms with Crippen LogP contribution in [0.4, 0.5) is 0 Å². The first-order chi connectivity index (χ1) is 36.0. The van der Waals surface area contributed by atoms with Crippen LogP contribution in [0.2, 0.25) is 0 Å². The molecule has 6 heteroatoms. The summed E-state index contributed by atoms with van der Waals surface area (Å²) < 4.78 is 16.9. The van der Waals surface area contributed by atoms with E-state index in [0.717, 1.165) is 89.9 Å². The zero-order chi connectivity index (χ0) is 52.9. The molecule has 0 heterocycles. The topological polar surface area (TPSA) is 78.9 Å². The molecule has 0 fully saturated rings. The van der Waals surface area contributed by atoms with Crippen LogP contribution in [0.3, 0.4) is 0 Å². The summed E-state index contributed by atoms with van der Waals surface area (Å²) in [6.45, 7) is 6.61. The summed E-state index contributed by atoms with van der Waals surface area (Å²) in [5.74, 6) is -0.871. The molecule has 0 rings (SSSR count). The molecule has 0 aliphatic carbocycles. The summed E-state index contributed by atoms with van der Waals surface area (Å²) >= 11 is 0. The predicted octanol–water partition coefficient (Wildman–Crippen LogP) is 21.8. The number of hydrogen-bond acceptors (Lipinski definition) is 6. The SMILES string of the molecule is CCC/C=C\C/C=C\CCCCCCCC(=O)OCC(COC(=O)CCCCCCCCCCCCC/C=C\C/C=C\CCCCCCC)OC(=O)CCCCCCCCCCCCCCCCCCCCC. The monoisotopic (exact) mass is 1020 g/mol. The van der Waals surface area contributed by atoms with E-state index in [9.17, 15) is 14.4 Å². The number of ether oxygens (including phenoxy) is 3. The molecule has 0 saturated carbocycles. The van der Waals surface area contributed by atoms with Gasteiger partial charge in [-0.1, -0.05) is 294 Å². The normalized spacial score (nSPS) is 12.3. The Morgan fingerprint density at radius 1 is 0.274 bits per heavy atom. The summed E-state index contributed by atoms with van der Waals surface area (Å²) in [5, 5.41) is 0. The van der Waals surface area contributed by atoms with Gasteiger partial charge in [-0.15, -0.1) is 0 Å². The molecule has 0 saturated heterocycles. The number of unbranched alkanes of at least 4 members (excludes halogenated alkanes) is 40. The van der Waals surface area contributed by atoms with Crippen molar-refractivity contribution in [3.63, 3.8) is 0 Å². The van der Waals surface area contributed by atoms with Crippen molar-refractivity contribution < 1.29 is 28.6 Å². The van der Waals surface area contributed by atoms with Gasteiger partial charge in [-0.3, -0.25) is 14.4 Å². The zero-order valence-corrected chi connectivity index (χ0v) is 48.9. The maximum atomic E-state index is 12.9. The fraction of sp³-hybridized carbons (Fsp3) is 0.836. The smallest absolute Gasteiger partial charge is 0.306 e. The molecule has 0 N–H and O–H groups in total. The van der Waals surface area contributed by atoms with Gasteiger partial charge >= 0.3 is 17.9 Å². The summed E-state index contributed by atoms with van der Waals surface area (Å²) in [6, 6.07) is 0. The molecule has 0 bridgehead atoms. The first kappa shape index (κ1) is 70.4. The molecule has 0 aromatic heterocycles. The minimum absolute atomic E-state index is 0.0752. The minimum atomic E-state index is -0.778. The second-order valence-corrected chi connectivity index (χ2v) is 21.7. The van der Waals surface area contributed by atoms with Crippen molar-refractivity contribution in [2.45, 2.75) is 348 Å². The maximum Gasteiger partial charge on any atom is 0.306 e. The molecule has 0 spiro atoms. The van der Waals surface area contributed by atoms with Gasteiger partial charge in [0.1, 0.15) is 13.2 Å². The van der Waals surface area contributed by atoms with Gasteiger partial charge in [0.15, 0.2) is 6.10 Å². The molecule has 426 valence electrons. The largest absolute Gasteiger partial charge is 0.462 e. The Bertz CT molecular complexity index is 1270. The van der Waals surface area contributed by atoms with Crippen LogP contribution in [0.25, 0.3) is 0 Å². The predicted molar refractivity (Wildman–Crippen MR) is 316 cm³/mol. The average Bonchev–Trinajstić information content (AvgIpc) is 3.39. The quantitative estimate of drug-likeness (QED) is 0.0261. The number of rotatable bonds is 59. The van der Waals surface area contributed by atoms with Gasteiger partial charge < -0.3 is 14.2 Å². The fourth-order valence-electron chi connectivity index (χ4n) is 9.46. The molecule has 6 nitrogen and oxygen atoms in total. The van der Waals surface area contributed by atoms with Crippen LogP contribution in [0.5, 0.6) is 0 Å². The second-order valence-electron chi connectivity index (χ2n) is 21.7. The van der Waals surface area contributed by atoms with E-state index in [1.165, 1.54) is 212 Å². The second kappa shape index (κ2) is 61.9. The Labute approximate surface area is 454 Å². The van der Waals surface area contributed by atoms with E-state index in [1.807, 2.05) is 0 Å². The third-order valence-electron chi connectivity index (χ3n) is 14.3. The van der Waals surface area contributed by atoms with Gasteiger partial charge in [0.2, 0.25) is 0 Å². The molecular weight excluding hydrogens is 901 g/mol. The van der Waals surface area contributed by atoms with Gasteiger partial charge in [-0.2, -0.15) is 0 Å². The lowest BCUT2D eigenvalue weighted by atomic mass is 10.0. The summed E-state index contributed by atoms with van der Waals surface area (Å²) in [7, 11) is 0. The van der Waals surface area contributed by atoms with Crippen molar-refractivity contribution in [2.75, 3.05) is 13.2 Å². The lowest BCUT2D eigenvalue weighted by molar-refractivity contribution is -0.167. The number of esters is 3. The third-order valence-corrected chi connectivity index (χ3v) is 14.3. The Morgan fingerprint density at radius 2 is 0.521 bits per heavy atom. The van der Waals surface area contributed by atoms with Crippen molar-refractivity contribution in [2.24, 2.45) is 0 Å². The summed E-state index contributed by atoms with van der Waals surface area (Å²) in [4.78, 5) is 38.3. The molecular formula is C67H122O6. The fourth-order valence-corrected chi connectivity index (χ4v) is 9.46. The highest BCUT2D eigenvalue weighted by Crippen LogP contribution is 2.17. The van der Waals surface area contributed by atoms with Gasteiger partial charge in [-0.25, -0.2) is 0 Å². The number of allylic oxidation sites excluding steroid dienone is 8. The lowest BCUT2D eigenvalue weighted by Gasteiger charge is -2.18. The highest BCUT2D eigenvalue weighted by atomic mass is 16.6. The Morgan fingerprint density at radius 3 is 0.808 bits per heavy atom. The van der Waals surface area contributed by atoms with Crippen molar-refractivity contribution in [3.05, 3.63) is 48.6 Å². The van der Waals surface area contributed by atoms with Crippen LogP contribution in [0, 0.1) is 0 Å². The van der Waals surface area contributed by atoms with Gasteiger partial charge in [-0.05, 0) is 77.0 Å². The van der Waals surface area contributed by atoms with Crippen molar-refractivity contribution >= 4 is 17.9 Å². The van der Waals surface area contributed by atoms with Crippen molar-refractivity contribution in [1.29, 1.82) is 0 Å². The Kier molecular flexibility index (Phi) is 59.7. The summed E-state index contributed by atoms with van der Waals surface area (Å²) in [5.41, 5.74) is 0. The third kappa shape index (κ3) is 60.1. The molecule has 0 aromatic rings. The van der Waals surface area contributed by atoms with Gasteiger partial charge in [0, 0.05) is 19.3 Å². The molecule has 0 aliphatic heterocycles.